The molecular weight excluding hydrogens is 448 g/mol. The molecule has 0 unspecified atom stereocenters. The number of rotatable bonds is 4. The first-order chi connectivity index (χ1) is 15.9. The van der Waals surface area contributed by atoms with Crippen molar-refractivity contribution in [1.29, 1.82) is 0 Å². The highest BCUT2D eigenvalue weighted by atomic mass is 32.1. The van der Waals surface area contributed by atoms with Crippen molar-refractivity contribution in [3.8, 4) is 5.75 Å². The van der Waals surface area contributed by atoms with Crippen LogP contribution in [0.1, 0.15) is 11.1 Å². The maximum absolute atomic E-state index is 14.1. The average Bonchev–Trinajstić information content (AvgIpc) is 3.46. The summed E-state index contributed by atoms with van der Waals surface area (Å²) in [5.74, 6) is -0.909. The van der Waals surface area contributed by atoms with Gasteiger partial charge in [-0.1, -0.05) is 23.2 Å². The molecular formula is C23H17F2N5O2S. The van der Waals surface area contributed by atoms with Gasteiger partial charge >= 0.3 is 0 Å². The van der Waals surface area contributed by atoms with E-state index in [-0.39, 0.29) is 17.7 Å². The summed E-state index contributed by atoms with van der Waals surface area (Å²) < 4.78 is 40.4. The number of nitrogens with zero attached hydrogens (tertiary/aromatic N) is 3. The van der Waals surface area contributed by atoms with Crippen molar-refractivity contribution in [3.05, 3.63) is 96.2 Å². The molecule has 0 bridgehead atoms. The van der Waals surface area contributed by atoms with Crippen molar-refractivity contribution in [2.75, 3.05) is 0 Å². The van der Waals surface area contributed by atoms with Crippen molar-refractivity contribution < 1.29 is 13.5 Å². The fraction of sp³-hybridized carbons (Fsp3) is 0.0870. The predicted octanol–water partition coefficient (Wildman–Crippen LogP) is 2.43. The Balaban J connectivity index is 1.70. The highest BCUT2D eigenvalue weighted by molar-refractivity contribution is 7.03. The van der Waals surface area contributed by atoms with E-state index in [4.69, 9.17) is 4.74 Å². The van der Waals surface area contributed by atoms with Crippen LogP contribution in [0.25, 0.3) is 23.6 Å². The number of ether oxygens (including phenoxy) is 1. The Morgan fingerprint density at radius 1 is 1.18 bits per heavy atom. The second-order valence-electron chi connectivity index (χ2n) is 7.40. The van der Waals surface area contributed by atoms with Crippen LogP contribution in [0.4, 0.5) is 8.78 Å². The summed E-state index contributed by atoms with van der Waals surface area (Å²) in [7, 11) is 1.86. The number of benzene rings is 2. The minimum atomic E-state index is -0.673. The third kappa shape index (κ3) is 3.64. The number of nitrogens with one attached hydrogen (secondary N) is 2. The lowest BCUT2D eigenvalue weighted by Gasteiger charge is -2.10. The van der Waals surface area contributed by atoms with E-state index in [0.717, 1.165) is 17.0 Å². The quantitative estimate of drug-likeness (QED) is 0.427. The minimum Gasteiger partial charge on any atom is -0.488 e. The molecule has 0 saturated heterocycles. The number of hydrogen-bond acceptors (Lipinski definition) is 5. The zero-order valence-electron chi connectivity index (χ0n) is 17.4. The number of halogens is 2. The van der Waals surface area contributed by atoms with E-state index >= 15 is 0 Å². The van der Waals surface area contributed by atoms with E-state index in [9.17, 15) is 13.6 Å². The molecule has 2 aromatic carbocycles. The van der Waals surface area contributed by atoms with Crippen LogP contribution in [-0.2, 0) is 13.7 Å². The molecule has 5 rings (SSSR count). The Labute approximate surface area is 188 Å². The molecule has 0 radical (unpaired) electrons. The van der Waals surface area contributed by atoms with Crippen LogP contribution >= 0.6 is 11.5 Å². The molecule has 166 valence electrons. The second kappa shape index (κ2) is 8.14. The van der Waals surface area contributed by atoms with Crippen LogP contribution in [-0.4, -0.2) is 24.4 Å². The number of hydrogen-bond donors (Lipinski definition) is 2. The molecule has 0 aliphatic carbocycles. The van der Waals surface area contributed by atoms with E-state index in [2.05, 4.69) is 26.4 Å². The summed E-state index contributed by atoms with van der Waals surface area (Å²) >= 11 is 1.13. The lowest BCUT2D eigenvalue weighted by atomic mass is 10.1. The number of H-pyrrole nitrogens is 2. The van der Waals surface area contributed by atoms with Crippen molar-refractivity contribution in [2.24, 2.45) is 7.05 Å². The van der Waals surface area contributed by atoms with E-state index in [1.54, 1.807) is 18.2 Å². The number of aromatic nitrogens is 5. The molecule has 0 atom stereocenters. The van der Waals surface area contributed by atoms with E-state index in [1.807, 2.05) is 23.9 Å². The van der Waals surface area contributed by atoms with Gasteiger partial charge in [-0.15, -0.1) is 5.10 Å². The molecule has 0 aliphatic rings. The molecule has 10 heteroatoms. The van der Waals surface area contributed by atoms with Crippen LogP contribution < -0.4 is 20.9 Å². The number of aromatic amines is 2. The highest BCUT2D eigenvalue weighted by Gasteiger charge is 2.14. The fourth-order valence-corrected chi connectivity index (χ4v) is 4.35. The van der Waals surface area contributed by atoms with E-state index in [0.29, 0.717) is 37.1 Å². The Hall–Kier alpha value is -4.05. The Morgan fingerprint density at radius 3 is 2.67 bits per heavy atom. The van der Waals surface area contributed by atoms with Crippen LogP contribution in [0.5, 0.6) is 5.75 Å². The molecule has 33 heavy (non-hydrogen) atoms. The number of aryl methyl sites for hydroxylation is 1. The van der Waals surface area contributed by atoms with E-state index in [1.165, 1.54) is 18.2 Å². The van der Waals surface area contributed by atoms with Gasteiger partial charge in [0.25, 0.3) is 5.56 Å². The second-order valence-corrected chi connectivity index (χ2v) is 8.15. The van der Waals surface area contributed by atoms with Crippen LogP contribution in [0, 0.1) is 21.5 Å². The third-order valence-corrected chi connectivity index (χ3v) is 6.12. The van der Waals surface area contributed by atoms with Gasteiger partial charge in [-0.05, 0) is 41.9 Å². The molecule has 7 nitrogen and oxygen atoms in total. The van der Waals surface area contributed by atoms with Gasteiger partial charge in [0.05, 0.1) is 21.6 Å². The average molecular weight is 465 g/mol. The number of fused-ring (bicyclic) bond motifs is 1. The van der Waals surface area contributed by atoms with Crippen molar-refractivity contribution in [2.45, 2.75) is 6.61 Å². The first kappa shape index (κ1) is 20.8. The zero-order valence-corrected chi connectivity index (χ0v) is 18.2. The Bertz CT molecular complexity index is 1750. The standard InChI is InChI=1S/C23H17F2N5O2S/c1-12-22(33-29-26-12)21-14(23(31)28-27-21)9-13-10-30(2)18-7-4-8-19(20(13)18)32-11-15-16(24)5-3-6-17(15)25/h3-10,27H,1,11H2,2H3,(H,28,31)/b14-9-,22-21-. The maximum Gasteiger partial charge on any atom is 0.271 e. The molecule has 5 aromatic rings. The predicted molar refractivity (Wildman–Crippen MR) is 121 cm³/mol. The van der Waals surface area contributed by atoms with Crippen molar-refractivity contribution in [3.63, 3.8) is 0 Å². The van der Waals surface area contributed by atoms with Gasteiger partial charge in [-0.3, -0.25) is 15.0 Å². The zero-order chi connectivity index (χ0) is 23.1. The van der Waals surface area contributed by atoms with Crippen LogP contribution in [0.3, 0.4) is 0 Å². The molecule has 0 fully saturated rings. The van der Waals surface area contributed by atoms with Gasteiger partial charge in [-0.2, -0.15) is 0 Å². The molecule has 0 saturated carbocycles. The normalized spacial score (nSPS) is 13.1. The molecule has 0 spiro atoms. The Morgan fingerprint density at radius 2 is 1.94 bits per heavy atom. The summed E-state index contributed by atoms with van der Waals surface area (Å²) in [6.07, 6.45) is 3.58. The van der Waals surface area contributed by atoms with Crippen molar-refractivity contribution >= 4 is 35.1 Å². The van der Waals surface area contributed by atoms with Gasteiger partial charge in [0, 0.05) is 24.2 Å². The van der Waals surface area contributed by atoms with Gasteiger partial charge in [0.1, 0.15) is 33.9 Å². The lowest BCUT2D eigenvalue weighted by Crippen LogP contribution is -2.22. The van der Waals surface area contributed by atoms with Gasteiger partial charge in [0.15, 0.2) is 0 Å². The topological polar surface area (TPSA) is 88.6 Å². The van der Waals surface area contributed by atoms with Gasteiger partial charge in [0.2, 0.25) is 0 Å². The van der Waals surface area contributed by atoms with E-state index < -0.39 is 11.6 Å². The fourth-order valence-electron chi connectivity index (χ4n) is 3.73. The first-order valence-corrected chi connectivity index (χ1v) is 10.6. The Kier molecular flexibility index (Phi) is 5.14. The SMILES string of the molecule is C=c1nns/c1=c1\[nH][nH]c(=O)\c1=C/c1cn(C)c2cccc(OCc3c(F)cccc3F)c12. The molecule has 0 aliphatic heterocycles. The summed E-state index contributed by atoms with van der Waals surface area (Å²) in [5.41, 5.74) is 1.06. The molecule has 3 aromatic heterocycles. The molecule has 0 amide bonds. The van der Waals surface area contributed by atoms with Gasteiger partial charge in [-0.25, -0.2) is 8.78 Å². The highest BCUT2D eigenvalue weighted by Crippen LogP contribution is 2.31. The maximum atomic E-state index is 14.1. The van der Waals surface area contributed by atoms with Crippen LogP contribution in [0.2, 0.25) is 0 Å². The largest absolute Gasteiger partial charge is 0.488 e. The summed E-state index contributed by atoms with van der Waals surface area (Å²) in [6.45, 7) is 3.57. The molecule has 2 N–H and O–H groups in total. The summed E-state index contributed by atoms with van der Waals surface area (Å²) in [4.78, 5) is 12.6. The third-order valence-electron chi connectivity index (χ3n) is 5.34. The van der Waals surface area contributed by atoms with Gasteiger partial charge < -0.3 is 9.30 Å². The molecule has 3 heterocycles. The summed E-state index contributed by atoms with van der Waals surface area (Å²) in [5, 5.41) is 11.4. The first-order valence-electron chi connectivity index (χ1n) is 9.88. The smallest absolute Gasteiger partial charge is 0.271 e. The minimum absolute atomic E-state index is 0.152. The monoisotopic (exact) mass is 465 g/mol. The van der Waals surface area contributed by atoms with Crippen LogP contribution in [0.15, 0.2) is 47.4 Å². The summed E-state index contributed by atoms with van der Waals surface area (Å²) in [6, 6.07) is 9.10. The lowest BCUT2D eigenvalue weighted by molar-refractivity contribution is 0.296. The van der Waals surface area contributed by atoms with Crippen molar-refractivity contribution in [1.82, 2.24) is 24.4 Å².